The van der Waals surface area contributed by atoms with Crippen LogP contribution in [0.4, 0.5) is 0 Å². The van der Waals surface area contributed by atoms with Crippen LogP contribution in [-0.4, -0.2) is 7.11 Å². The molecule has 0 bridgehead atoms. The number of rotatable bonds is 4. The number of benzene rings is 2. The van der Waals surface area contributed by atoms with Crippen LogP contribution < -0.4 is 26.4 Å². The Labute approximate surface area is 170 Å². The van der Waals surface area contributed by atoms with Crippen molar-refractivity contribution in [3.8, 4) is 22.8 Å². The van der Waals surface area contributed by atoms with Gasteiger partial charge in [-0.3, -0.25) is 0 Å². The van der Waals surface area contributed by atoms with E-state index in [2.05, 4.69) is 35.8 Å². The minimum atomic E-state index is 0. The maximum atomic E-state index is 6.47. The van der Waals surface area contributed by atoms with E-state index in [1.165, 1.54) is 16.7 Å². The number of aromatic nitrogens is 1. The van der Waals surface area contributed by atoms with Gasteiger partial charge in [-0.05, 0) is 47.9 Å². The summed E-state index contributed by atoms with van der Waals surface area (Å²) < 4.78 is 13.6. The largest absolute Gasteiger partial charge is 1.00 e. The van der Waals surface area contributed by atoms with Crippen molar-refractivity contribution in [3.63, 3.8) is 0 Å². The molecule has 0 saturated carbocycles. The number of hydrogen-bond donors (Lipinski definition) is 0. The van der Waals surface area contributed by atoms with Gasteiger partial charge in [0, 0.05) is 6.42 Å². The first-order valence-electron chi connectivity index (χ1n) is 8.74. The first kappa shape index (κ1) is 19.5. The number of halogens is 2. The van der Waals surface area contributed by atoms with Crippen molar-refractivity contribution < 1.29 is 26.4 Å². The molecule has 2 aromatic carbocycles. The lowest BCUT2D eigenvalue weighted by Gasteiger charge is -2.19. The Balaban J connectivity index is 0.00000210. The topological polar surface area (TPSA) is 22.3 Å². The standard InChI is InChI=1S/C22H21ClNO2.ClH/c1-15-20(25-2)13-21(23)24-11-10-17-12-18(8-9-19(17)22(15)24)26-14-16-6-4-3-5-7-16;/h3-9,12-13H,10-11,14H2,1-2H3;1H/q+1;/p-1. The molecule has 1 aromatic heterocycles. The maximum absolute atomic E-state index is 6.47. The van der Waals surface area contributed by atoms with Crippen LogP contribution in [0, 0.1) is 6.92 Å². The third-order valence-electron chi connectivity index (χ3n) is 4.91. The van der Waals surface area contributed by atoms with Crippen LogP contribution in [0.25, 0.3) is 11.3 Å². The summed E-state index contributed by atoms with van der Waals surface area (Å²) in [5.41, 5.74) is 5.88. The van der Waals surface area contributed by atoms with Crippen molar-refractivity contribution in [1.29, 1.82) is 0 Å². The Morgan fingerprint density at radius 3 is 2.59 bits per heavy atom. The third-order valence-corrected chi connectivity index (χ3v) is 5.22. The summed E-state index contributed by atoms with van der Waals surface area (Å²) in [7, 11) is 1.68. The van der Waals surface area contributed by atoms with Crippen LogP contribution >= 0.6 is 11.6 Å². The highest BCUT2D eigenvalue weighted by atomic mass is 35.5. The number of fused-ring (bicyclic) bond motifs is 3. The molecule has 5 heteroatoms. The predicted molar refractivity (Wildman–Crippen MR) is 103 cm³/mol. The van der Waals surface area contributed by atoms with Gasteiger partial charge in [0.05, 0.1) is 24.3 Å². The summed E-state index contributed by atoms with van der Waals surface area (Å²) in [4.78, 5) is 0. The predicted octanol–water partition coefficient (Wildman–Crippen LogP) is 1.75. The summed E-state index contributed by atoms with van der Waals surface area (Å²) in [5.74, 6) is 1.71. The van der Waals surface area contributed by atoms with E-state index in [0.29, 0.717) is 11.8 Å². The lowest BCUT2D eigenvalue weighted by molar-refractivity contribution is -0.685. The van der Waals surface area contributed by atoms with Gasteiger partial charge in [0.1, 0.15) is 18.1 Å². The van der Waals surface area contributed by atoms with E-state index in [4.69, 9.17) is 21.1 Å². The highest BCUT2D eigenvalue weighted by Crippen LogP contribution is 2.35. The number of aryl methyl sites for hydroxylation is 1. The van der Waals surface area contributed by atoms with Crippen LogP contribution in [0.2, 0.25) is 5.15 Å². The average Bonchev–Trinajstić information content (AvgIpc) is 2.69. The van der Waals surface area contributed by atoms with E-state index in [-0.39, 0.29) is 12.4 Å². The average molecular weight is 402 g/mol. The third kappa shape index (κ3) is 3.76. The number of ether oxygens (including phenoxy) is 2. The van der Waals surface area contributed by atoms with Crippen molar-refractivity contribution >= 4 is 11.6 Å². The van der Waals surface area contributed by atoms with Crippen LogP contribution in [0.15, 0.2) is 54.6 Å². The summed E-state index contributed by atoms with van der Waals surface area (Å²) in [5, 5.41) is 0.706. The maximum Gasteiger partial charge on any atom is 0.279 e. The second kappa shape index (κ2) is 8.20. The zero-order chi connectivity index (χ0) is 18.1. The van der Waals surface area contributed by atoms with E-state index < -0.39 is 0 Å². The Bertz CT molecular complexity index is 958. The molecule has 4 rings (SSSR count). The fraction of sp³-hybridized carbons (Fsp3) is 0.227. The van der Waals surface area contributed by atoms with E-state index in [1.807, 2.05) is 30.3 Å². The molecule has 140 valence electrons. The highest BCUT2D eigenvalue weighted by Gasteiger charge is 2.30. The second-order valence-corrected chi connectivity index (χ2v) is 6.89. The second-order valence-electron chi connectivity index (χ2n) is 6.50. The van der Waals surface area contributed by atoms with Crippen molar-refractivity contribution in [1.82, 2.24) is 0 Å². The molecule has 0 N–H and O–H groups in total. The van der Waals surface area contributed by atoms with E-state index in [1.54, 1.807) is 7.11 Å². The van der Waals surface area contributed by atoms with E-state index in [9.17, 15) is 0 Å². The van der Waals surface area contributed by atoms with Crippen molar-refractivity contribution in [2.45, 2.75) is 26.5 Å². The molecule has 0 radical (unpaired) electrons. The lowest BCUT2D eigenvalue weighted by atomic mass is 9.94. The Morgan fingerprint density at radius 1 is 1.07 bits per heavy atom. The molecular weight excluding hydrogens is 381 g/mol. The summed E-state index contributed by atoms with van der Waals surface area (Å²) in [6, 6.07) is 18.4. The van der Waals surface area contributed by atoms with Gasteiger partial charge in [-0.25, -0.2) is 0 Å². The van der Waals surface area contributed by atoms with Crippen LogP contribution in [0.3, 0.4) is 0 Å². The molecule has 0 spiro atoms. The van der Waals surface area contributed by atoms with E-state index >= 15 is 0 Å². The SMILES string of the molecule is COc1cc(Cl)[n+]2c(c1C)-c1ccc(OCc3ccccc3)cc1CC2.[Cl-]. The van der Waals surface area contributed by atoms with Gasteiger partial charge < -0.3 is 21.9 Å². The molecule has 3 aromatic rings. The summed E-state index contributed by atoms with van der Waals surface area (Å²) in [6.45, 7) is 3.51. The molecule has 3 nitrogen and oxygen atoms in total. The molecule has 1 aliphatic rings. The number of pyridine rings is 1. The van der Waals surface area contributed by atoms with Gasteiger partial charge in [0.25, 0.3) is 5.15 Å². The first-order chi connectivity index (χ1) is 12.7. The molecule has 0 atom stereocenters. The minimum Gasteiger partial charge on any atom is -1.00 e. The highest BCUT2D eigenvalue weighted by molar-refractivity contribution is 6.28. The molecule has 2 heterocycles. The van der Waals surface area contributed by atoms with Gasteiger partial charge in [-0.1, -0.05) is 30.3 Å². The number of methoxy groups -OCH3 is 1. The summed E-state index contributed by atoms with van der Waals surface area (Å²) >= 11 is 6.47. The minimum absolute atomic E-state index is 0. The molecule has 0 fully saturated rings. The smallest absolute Gasteiger partial charge is 0.279 e. The van der Waals surface area contributed by atoms with E-state index in [0.717, 1.165) is 35.7 Å². The molecule has 27 heavy (non-hydrogen) atoms. The molecular formula is C22H21Cl2NO2. The molecule has 0 aliphatic carbocycles. The Hall–Kier alpha value is -2.23. The number of nitrogens with zero attached hydrogens (tertiary/aromatic N) is 1. The van der Waals surface area contributed by atoms with Crippen LogP contribution in [-0.2, 0) is 19.6 Å². The normalized spacial score (nSPS) is 11.8. The molecule has 0 unspecified atom stereocenters. The van der Waals surface area contributed by atoms with Gasteiger partial charge in [0.15, 0.2) is 6.54 Å². The van der Waals surface area contributed by atoms with Gasteiger partial charge in [-0.15, -0.1) is 0 Å². The fourth-order valence-corrected chi connectivity index (χ4v) is 3.84. The Kier molecular flexibility index (Phi) is 5.93. The fourth-order valence-electron chi connectivity index (χ4n) is 3.57. The molecule has 0 saturated heterocycles. The van der Waals surface area contributed by atoms with Crippen molar-refractivity contribution in [3.05, 3.63) is 76.4 Å². The quantitative estimate of drug-likeness (QED) is 0.490. The summed E-state index contributed by atoms with van der Waals surface area (Å²) in [6.07, 6.45) is 0.932. The first-order valence-corrected chi connectivity index (χ1v) is 9.12. The van der Waals surface area contributed by atoms with Gasteiger partial charge in [-0.2, -0.15) is 4.57 Å². The number of hydrogen-bond acceptors (Lipinski definition) is 2. The van der Waals surface area contributed by atoms with Gasteiger partial charge in [0.2, 0.25) is 5.69 Å². The molecule has 0 amide bonds. The van der Waals surface area contributed by atoms with Crippen molar-refractivity contribution in [2.75, 3.05) is 7.11 Å². The Morgan fingerprint density at radius 2 is 1.85 bits per heavy atom. The van der Waals surface area contributed by atoms with Crippen LogP contribution in [0.5, 0.6) is 11.5 Å². The van der Waals surface area contributed by atoms with Crippen molar-refractivity contribution in [2.24, 2.45) is 0 Å². The zero-order valence-electron chi connectivity index (χ0n) is 15.3. The molecule has 1 aliphatic heterocycles. The zero-order valence-corrected chi connectivity index (χ0v) is 16.8. The monoisotopic (exact) mass is 401 g/mol. The van der Waals surface area contributed by atoms with Gasteiger partial charge >= 0.3 is 0 Å². The van der Waals surface area contributed by atoms with Crippen LogP contribution in [0.1, 0.15) is 16.7 Å². The lowest BCUT2D eigenvalue weighted by Crippen LogP contribution is -3.00.